The Balaban J connectivity index is 2.08. The average Bonchev–Trinajstić information content (AvgIpc) is 2.60. The Morgan fingerprint density at radius 2 is 1.17 bits per heavy atom. The van der Waals surface area contributed by atoms with Gasteiger partial charge in [-0.2, -0.15) is 0 Å². The molecule has 0 saturated heterocycles. The SMILES string of the molecule is CC(C)(C)c1ccccc1-c1cccc2c1ccc1ccccc12. The number of hydrogen-bond acceptors (Lipinski definition) is 0. The standard InChI is InChI=1S/C24H22/c1-24(2,3)23-14-7-6-11-22(23)20-13-8-12-19-18-10-5-4-9-17(18)15-16-21(19)20/h4-16H,1-3H3. The van der Waals surface area contributed by atoms with E-state index in [-0.39, 0.29) is 5.41 Å². The zero-order valence-electron chi connectivity index (χ0n) is 14.5. The third-order valence-corrected chi connectivity index (χ3v) is 4.81. The van der Waals surface area contributed by atoms with Crippen LogP contribution in [-0.4, -0.2) is 0 Å². The van der Waals surface area contributed by atoms with E-state index in [2.05, 4.69) is 99.6 Å². The van der Waals surface area contributed by atoms with Gasteiger partial charge in [-0.15, -0.1) is 0 Å². The van der Waals surface area contributed by atoms with E-state index in [1.54, 1.807) is 0 Å². The van der Waals surface area contributed by atoms with Gasteiger partial charge in [-0.05, 0) is 43.7 Å². The third-order valence-electron chi connectivity index (χ3n) is 4.81. The van der Waals surface area contributed by atoms with Gasteiger partial charge >= 0.3 is 0 Å². The number of hydrogen-bond donors (Lipinski definition) is 0. The Kier molecular flexibility index (Phi) is 3.42. The summed E-state index contributed by atoms with van der Waals surface area (Å²) in [5, 5.41) is 5.28. The molecule has 0 bridgehead atoms. The molecule has 0 atom stereocenters. The van der Waals surface area contributed by atoms with Gasteiger partial charge in [0.25, 0.3) is 0 Å². The van der Waals surface area contributed by atoms with Crippen LogP contribution in [0.25, 0.3) is 32.7 Å². The molecule has 0 aliphatic heterocycles. The molecular weight excluding hydrogens is 288 g/mol. The number of benzene rings is 4. The maximum atomic E-state index is 2.28. The lowest BCUT2D eigenvalue weighted by molar-refractivity contribution is 0.592. The summed E-state index contributed by atoms with van der Waals surface area (Å²) in [6.07, 6.45) is 0. The van der Waals surface area contributed by atoms with Gasteiger partial charge in [0, 0.05) is 0 Å². The summed E-state index contributed by atoms with van der Waals surface area (Å²) in [7, 11) is 0. The lowest BCUT2D eigenvalue weighted by Crippen LogP contribution is -2.12. The van der Waals surface area contributed by atoms with Crippen LogP contribution >= 0.6 is 0 Å². The molecule has 0 aliphatic carbocycles. The Bertz CT molecular complexity index is 1030. The summed E-state index contributed by atoms with van der Waals surface area (Å²) in [6.45, 7) is 6.85. The molecule has 4 rings (SSSR count). The molecule has 4 aromatic carbocycles. The van der Waals surface area contributed by atoms with Crippen molar-refractivity contribution in [2.75, 3.05) is 0 Å². The molecular formula is C24H22. The molecule has 0 saturated carbocycles. The lowest BCUT2D eigenvalue weighted by Gasteiger charge is -2.23. The molecule has 0 N–H and O–H groups in total. The molecule has 0 aromatic heterocycles. The van der Waals surface area contributed by atoms with Crippen molar-refractivity contribution >= 4 is 21.5 Å². The van der Waals surface area contributed by atoms with Crippen molar-refractivity contribution in [1.29, 1.82) is 0 Å². The van der Waals surface area contributed by atoms with Crippen molar-refractivity contribution in [3.05, 3.63) is 84.4 Å². The minimum atomic E-state index is 0.121. The average molecular weight is 310 g/mol. The van der Waals surface area contributed by atoms with E-state index < -0.39 is 0 Å². The van der Waals surface area contributed by atoms with E-state index in [4.69, 9.17) is 0 Å². The van der Waals surface area contributed by atoms with Crippen LogP contribution in [0, 0.1) is 0 Å². The largest absolute Gasteiger partial charge is 0.0619 e. The molecule has 0 amide bonds. The Labute approximate surface area is 143 Å². The van der Waals surface area contributed by atoms with Gasteiger partial charge in [0.15, 0.2) is 0 Å². The third kappa shape index (κ3) is 2.39. The topological polar surface area (TPSA) is 0 Å². The van der Waals surface area contributed by atoms with E-state index in [0.717, 1.165) is 0 Å². The summed E-state index contributed by atoms with van der Waals surface area (Å²) in [5.41, 5.74) is 4.18. The van der Waals surface area contributed by atoms with Crippen molar-refractivity contribution in [2.45, 2.75) is 26.2 Å². The Hall–Kier alpha value is -2.60. The minimum absolute atomic E-state index is 0.121. The van der Waals surface area contributed by atoms with Gasteiger partial charge in [0.05, 0.1) is 0 Å². The van der Waals surface area contributed by atoms with Gasteiger partial charge < -0.3 is 0 Å². The number of rotatable bonds is 1. The lowest BCUT2D eigenvalue weighted by atomic mass is 9.81. The molecule has 118 valence electrons. The molecule has 0 radical (unpaired) electrons. The number of fused-ring (bicyclic) bond motifs is 3. The highest BCUT2D eigenvalue weighted by molar-refractivity contribution is 6.12. The van der Waals surface area contributed by atoms with Crippen LogP contribution in [0.5, 0.6) is 0 Å². The second kappa shape index (κ2) is 5.49. The summed E-state index contributed by atoms with van der Waals surface area (Å²) in [5.74, 6) is 0. The van der Waals surface area contributed by atoms with Crippen molar-refractivity contribution in [3.8, 4) is 11.1 Å². The van der Waals surface area contributed by atoms with Gasteiger partial charge in [0.1, 0.15) is 0 Å². The van der Waals surface area contributed by atoms with Crippen LogP contribution in [0.4, 0.5) is 0 Å². The normalized spacial score (nSPS) is 12.0. The second-order valence-corrected chi connectivity index (χ2v) is 7.48. The Morgan fingerprint density at radius 3 is 2.00 bits per heavy atom. The fourth-order valence-corrected chi connectivity index (χ4v) is 3.65. The predicted molar refractivity (Wildman–Crippen MR) is 106 cm³/mol. The Morgan fingerprint density at radius 1 is 0.500 bits per heavy atom. The van der Waals surface area contributed by atoms with Gasteiger partial charge in [-0.1, -0.05) is 99.6 Å². The highest BCUT2D eigenvalue weighted by atomic mass is 14.2. The summed E-state index contributed by atoms with van der Waals surface area (Å²) < 4.78 is 0. The van der Waals surface area contributed by atoms with Crippen LogP contribution < -0.4 is 0 Å². The molecule has 0 aliphatic rings. The van der Waals surface area contributed by atoms with Gasteiger partial charge in [0.2, 0.25) is 0 Å². The molecule has 4 aromatic rings. The minimum Gasteiger partial charge on any atom is -0.0619 e. The first kappa shape index (κ1) is 15.0. The maximum absolute atomic E-state index is 2.28. The first-order chi connectivity index (χ1) is 11.6. The van der Waals surface area contributed by atoms with Gasteiger partial charge in [-0.25, -0.2) is 0 Å². The van der Waals surface area contributed by atoms with Crippen molar-refractivity contribution in [3.63, 3.8) is 0 Å². The van der Waals surface area contributed by atoms with E-state index in [1.165, 1.54) is 38.2 Å². The molecule has 24 heavy (non-hydrogen) atoms. The molecule has 0 fully saturated rings. The summed E-state index contributed by atoms with van der Waals surface area (Å²) >= 11 is 0. The van der Waals surface area contributed by atoms with Crippen LogP contribution in [-0.2, 0) is 5.41 Å². The first-order valence-corrected chi connectivity index (χ1v) is 8.56. The smallest absolute Gasteiger partial charge is 0.00989 e. The molecule has 0 unspecified atom stereocenters. The maximum Gasteiger partial charge on any atom is -0.00989 e. The first-order valence-electron chi connectivity index (χ1n) is 8.56. The van der Waals surface area contributed by atoms with Crippen LogP contribution in [0.15, 0.2) is 78.9 Å². The van der Waals surface area contributed by atoms with Crippen molar-refractivity contribution < 1.29 is 0 Å². The molecule has 0 nitrogen and oxygen atoms in total. The van der Waals surface area contributed by atoms with E-state index in [9.17, 15) is 0 Å². The summed E-state index contributed by atoms with van der Waals surface area (Å²) in [4.78, 5) is 0. The summed E-state index contributed by atoms with van der Waals surface area (Å²) in [6, 6.07) is 28.6. The fraction of sp³-hybridized carbons (Fsp3) is 0.167. The fourth-order valence-electron chi connectivity index (χ4n) is 3.65. The van der Waals surface area contributed by atoms with E-state index >= 15 is 0 Å². The molecule has 0 spiro atoms. The van der Waals surface area contributed by atoms with Crippen LogP contribution in [0.1, 0.15) is 26.3 Å². The quantitative estimate of drug-likeness (QED) is 0.333. The zero-order chi connectivity index (χ0) is 16.7. The highest BCUT2D eigenvalue weighted by Crippen LogP contribution is 2.38. The van der Waals surface area contributed by atoms with Crippen LogP contribution in [0.2, 0.25) is 0 Å². The molecule has 0 heteroatoms. The molecule has 0 heterocycles. The van der Waals surface area contributed by atoms with E-state index in [0.29, 0.717) is 0 Å². The van der Waals surface area contributed by atoms with Gasteiger partial charge in [-0.3, -0.25) is 0 Å². The predicted octanol–water partition coefficient (Wildman–Crippen LogP) is 6.96. The zero-order valence-corrected chi connectivity index (χ0v) is 14.5. The van der Waals surface area contributed by atoms with Crippen molar-refractivity contribution in [1.82, 2.24) is 0 Å². The monoisotopic (exact) mass is 310 g/mol. The van der Waals surface area contributed by atoms with Crippen molar-refractivity contribution in [2.24, 2.45) is 0 Å². The van der Waals surface area contributed by atoms with E-state index in [1.807, 2.05) is 0 Å². The highest BCUT2D eigenvalue weighted by Gasteiger charge is 2.19. The van der Waals surface area contributed by atoms with Crippen LogP contribution in [0.3, 0.4) is 0 Å². The second-order valence-electron chi connectivity index (χ2n) is 7.48.